The third-order valence-electron chi connectivity index (χ3n) is 3.59. The number of nitrogens with one attached hydrogen (secondary N) is 3. The lowest BCUT2D eigenvalue weighted by Gasteiger charge is -2.09. The van der Waals surface area contributed by atoms with E-state index >= 15 is 0 Å². The number of hydrogen-bond donors (Lipinski definition) is 3. The highest BCUT2D eigenvalue weighted by atomic mass is 16.2. The molecule has 0 saturated carbocycles. The minimum Gasteiger partial charge on any atom is -0.339 e. The van der Waals surface area contributed by atoms with Crippen LogP contribution in [0.3, 0.4) is 0 Å². The number of aromatic nitrogens is 2. The summed E-state index contributed by atoms with van der Waals surface area (Å²) in [6.45, 7) is 1.44. The number of nitrogens with zero attached hydrogens (tertiary/aromatic N) is 3. The lowest BCUT2D eigenvalue weighted by Crippen LogP contribution is -2.14. The van der Waals surface area contributed by atoms with Crippen LogP contribution in [0.25, 0.3) is 0 Å². The summed E-state index contributed by atoms with van der Waals surface area (Å²) in [5, 5.41) is 17.3. The molecule has 0 aliphatic carbocycles. The number of benzene rings is 2. The predicted molar refractivity (Wildman–Crippen MR) is 105 cm³/mol. The van der Waals surface area contributed by atoms with Gasteiger partial charge in [0.2, 0.25) is 5.91 Å². The molecule has 3 aromatic rings. The van der Waals surface area contributed by atoms with Crippen LogP contribution >= 0.6 is 0 Å². The standard InChI is InChI=1S/C20H16N6O2/c1-13(27)24-16-6-3-7-17(9-16)25-19-12-22-18(11-23-19)20(28)26-15-5-2-4-14(8-15)10-21/h2-9,11-12H,1H3,(H,23,25)(H,24,27)(H,26,28). The molecule has 0 saturated heterocycles. The summed E-state index contributed by atoms with van der Waals surface area (Å²) in [6, 6.07) is 15.7. The second kappa shape index (κ2) is 8.42. The van der Waals surface area contributed by atoms with Gasteiger partial charge in [0, 0.05) is 24.0 Å². The van der Waals surface area contributed by atoms with Crippen molar-refractivity contribution in [3.05, 3.63) is 72.2 Å². The molecule has 1 heterocycles. The van der Waals surface area contributed by atoms with Crippen molar-refractivity contribution in [3.8, 4) is 6.07 Å². The van der Waals surface area contributed by atoms with Crippen LogP contribution in [0.2, 0.25) is 0 Å². The maximum Gasteiger partial charge on any atom is 0.275 e. The molecule has 0 radical (unpaired) electrons. The minimum absolute atomic E-state index is 0.139. The maximum atomic E-state index is 12.3. The average Bonchev–Trinajstić information content (AvgIpc) is 2.68. The SMILES string of the molecule is CC(=O)Nc1cccc(Nc2cnc(C(=O)Nc3cccc(C#N)c3)cn2)c1. The van der Waals surface area contributed by atoms with Gasteiger partial charge < -0.3 is 16.0 Å². The summed E-state index contributed by atoms with van der Waals surface area (Å²) in [5.41, 5.74) is 2.46. The smallest absolute Gasteiger partial charge is 0.275 e. The van der Waals surface area contributed by atoms with E-state index in [2.05, 4.69) is 25.9 Å². The van der Waals surface area contributed by atoms with E-state index in [1.165, 1.54) is 19.3 Å². The number of anilines is 4. The second-order valence-corrected chi connectivity index (χ2v) is 5.82. The molecule has 3 N–H and O–H groups in total. The van der Waals surface area contributed by atoms with Crippen LogP contribution in [0.15, 0.2) is 60.9 Å². The Hall–Kier alpha value is -4.25. The van der Waals surface area contributed by atoms with Crippen LogP contribution in [0.1, 0.15) is 23.0 Å². The highest BCUT2D eigenvalue weighted by Gasteiger charge is 2.09. The molecule has 0 unspecified atom stereocenters. The Morgan fingerprint density at radius 3 is 2.32 bits per heavy atom. The first-order valence-corrected chi connectivity index (χ1v) is 8.32. The van der Waals surface area contributed by atoms with Crippen LogP contribution in [-0.2, 0) is 4.79 Å². The fraction of sp³-hybridized carbons (Fsp3) is 0.0500. The third-order valence-corrected chi connectivity index (χ3v) is 3.59. The number of nitriles is 1. The van der Waals surface area contributed by atoms with Crippen molar-refractivity contribution in [3.63, 3.8) is 0 Å². The van der Waals surface area contributed by atoms with Crippen LogP contribution < -0.4 is 16.0 Å². The summed E-state index contributed by atoms with van der Waals surface area (Å²) in [4.78, 5) is 31.7. The molecule has 0 atom stereocenters. The second-order valence-electron chi connectivity index (χ2n) is 5.82. The van der Waals surface area contributed by atoms with Gasteiger partial charge in [-0.25, -0.2) is 9.97 Å². The number of amides is 2. The van der Waals surface area contributed by atoms with Gasteiger partial charge in [0.25, 0.3) is 5.91 Å². The molecular formula is C20H16N6O2. The zero-order chi connectivity index (χ0) is 19.9. The minimum atomic E-state index is -0.429. The molecule has 0 aliphatic heterocycles. The highest BCUT2D eigenvalue weighted by Crippen LogP contribution is 2.19. The fourth-order valence-electron chi connectivity index (χ4n) is 2.40. The highest BCUT2D eigenvalue weighted by molar-refractivity contribution is 6.02. The van der Waals surface area contributed by atoms with Crippen molar-refractivity contribution in [1.82, 2.24) is 9.97 Å². The molecule has 8 nitrogen and oxygen atoms in total. The third kappa shape index (κ3) is 4.89. The van der Waals surface area contributed by atoms with Crippen molar-refractivity contribution < 1.29 is 9.59 Å². The van der Waals surface area contributed by atoms with Crippen molar-refractivity contribution in [2.45, 2.75) is 6.92 Å². The van der Waals surface area contributed by atoms with E-state index < -0.39 is 5.91 Å². The Kier molecular flexibility index (Phi) is 5.58. The molecule has 138 valence electrons. The van der Waals surface area contributed by atoms with Gasteiger partial charge in [-0.1, -0.05) is 12.1 Å². The summed E-state index contributed by atoms with van der Waals surface area (Å²) in [7, 11) is 0. The molecule has 2 amide bonds. The zero-order valence-electron chi connectivity index (χ0n) is 14.9. The molecule has 28 heavy (non-hydrogen) atoms. The molecule has 0 bridgehead atoms. The molecule has 2 aromatic carbocycles. The summed E-state index contributed by atoms with van der Waals surface area (Å²) in [5.74, 6) is -0.141. The van der Waals surface area contributed by atoms with Gasteiger partial charge in [0.15, 0.2) is 0 Å². The molecular weight excluding hydrogens is 356 g/mol. The summed E-state index contributed by atoms with van der Waals surface area (Å²) >= 11 is 0. The first-order valence-electron chi connectivity index (χ1n) is 8.32. The Balaban J connectivity index is 1.67. The van der Waals surface area contributed by atoms with Gasteiger partial charge in [-0.15, -0.1) is 0 Å². The Morgan fingerprint density at radius 2 is 1.64 bits per heavy atom. The maximum absolute atomic E-state index is 12.3. The van der Waals surface area contributed by atoms with Gasteiger partial charge in [0.05, 0.1) is 24.0 Å². The number of hydrogen-bond acceptors (Lipinski definition) is 6. The van der Waals surface area contributed by atoms with Crippen LogP contribution in [-0.4, -0.2) is 21.8 Å². The first kappa shape index (κ1) is 18.5. The van der Waals surface area contributed by atoms with Crippen molar-refractivity contribution in [2.75, 3.05) is 16.0 Å². The Labute approximate surface area is 161 Å². The van der Waals surface area contributed by atoms with E-state index in [1.807, 2.05) is 12.1 Å². The predicted octanol–water partition coefficient (Wildman–Crippen LogP) is 3.30. The van der Waals surface area contributed by atoms with Crippen LogP contribution in [0.4, 0.5) is 22.9 Å². The first-order chi connectivity index (χ1) is 13.5. The lowest BCUT2D eigenvalue weighted by molar-refractivity contribution is -0.114. The van der Waals surface area contributed by atoms with E-state index in [9.17, 15) is 9.59 Å². The molecule has 0 fully saturated rings. The van der Waals surface area contributed by atoms with Crippen molar-refractivity contribution >= 4 is 34.7 Å². The fourth-order valence-corrected chi connectivity index (χ4v) is 2.40. The van der Waals surface area contributed by atoms with Crippen molar-refractivity contribution in [2.24, 2.45) is 0 Å². The van der Waals surface area contributed by atoms with E-state index in [-0.39, 0.29) is 11.6 Å². The number of carbonyl (C=O) groups is 2. The van der Waals surface area contributed by atoms with E-state index in [4.69, 9.17) is 5.26 Å². The number of carbonyl (C=O) groups excluding carboxylic acids is 2. The molecule has 0 aliphatic rings. The molecule has 0 spiro atoms. The Morgan fingerprint density at radius 1 is 0.929 bits per heavy atom. The van der Waals surface area contributed by atoms with Crippen LogP contribution in [0, 0.1) is 11.3 Å². The molecule has 8 heteroatoms. The van der Waals surface area contributed by atoms with E-state index in [0.29, 0.717) is 28.4 Å². The summed E-state index contributed by atoms with van der Waals surface area (Å²) in [6.07, 6.45) is 2.79. The van der Waals surface area contributed by atoms with Gasteiger partial charge in [-0.2, -0.15) is 5.26 Å². The quantitative estimate of drug-likeness (QED) is 0.632. The molecule has 3 rings (SSSR count). The number of rotatable bonds is 5. The van der Waals surface area contributed by atoms with E-state index in [0.717, 1.165) is 0 Å². The van der Waals surface area contributed by atoms with Gasteiger partial charge in [-0.05, 0) is 36.4 Å². The van der Waals surface area contributed by atoms with Gasteiger partial charge in [0.1, 0.15) is 11.5 Å². The average molecular weight is 372 g/mol. The zero-order valence-corrected chi connectivity index (χ0v) is 14.9. The van der Waals surface area contributed by atoms with Crippen LogP contribution in [0.5, 0.6) is 0 Å². The van der Waals surface area contributed by atoms with Gasteiger partial charge in [-0.3, -0.25) is 9.59 Å². The largest absolute Gasteiger partial charge is 0.339 e. The Bertz CT molecular complexity index is 1060. The monoisotopic (exact) mass is 372 g/mol. The van der Waals surface area contributed by atoms with Crippen molar-refractivity contribution in [1.29, 1.82) is 5.26 Å². The molecule has 1 aromatic heterocycles. The van der Waals surface area contributed by atoms with E-state index in [1.54, 1.807) is 42.5 Å². The topological polar surface area (TPSA) is 120 Å². The van der Waals surface area contributed by atoms with Gasteiger partial charge >= 0.3 is 0 Å². The summed E-state index contributed by atoms with van der Waals surface area (Å²) < 4.78 is 0. The normalized spacial score (nSPS) is 9.86. The lowest BCUT2D eigenvalue weighted by atomic mass is 10.2.